The van der Waals surface area contributed by atoms with E-state index in [4.69, 9.17) is 4.74 Å². The van der Waals surface area contributed by atoms with Gasteiger partial charge in [-0.1, -0.05) is 30.3 Å². The van der Waals surface area contributed by atoms with E-state index in [0.717, 1.165) is 22.2 Å². The van der Waals surface area contributed by atoms with Gasteiger partial charge in [-0.3, -0.25) is 9.59 Å². The minimum atomic E-state index is -3.89. The van der Waals surface area contributed by atoms with Gasteiger partial charge in [0.15, 0.2) is 6.61 Å². The van der Waals surface area contributed by atoms with Crippen LogP contribution >= 0.6 is 0 Å². The highest BCUT2D eigenvalue weighted by molar-refractivity contribution is 7.89. The van der Waals surface area contributed by atoms with Crippen molar-refractivity contribution in [2.24, 2.45) is 7.05 Å². The van der Waals surface area contributed by atoms with Crippen molar-refractivity contribution in [3.8, 4) is 0 Å². The third-order valence-electron chi connectivity index (χ3n) is 4.88. The van der Waals surface area contributed by atoms with E-state index in [1.54, 1.807) is 19.1 Å². The molecular weight excluding hydrogens is 392 g/mol. The summed E-state index contributed by atoms with van der Waals surface area (Å²) in [7, 11) is -2.04. The second kappa shape index (κ2) is 8.18. The summed E-state index contributed by atoms with van der Waals surface area (Å²) in [4.78, 5) is 24.2. The first kappa shape index (κ1) is 20.8. The first-order valence-electron chi connectivity index (χ1n) is 8.99. The molecule has 3 rings (SSSR count). The molecule has 0 spiro atoms. The van der Waals surface area contributed by atoms with Crippen molar-refractivity contribution in [1.29, 1.82) is 0 Å². The lowest BCUT2D eigenvalue weighted by Crippen LogP contribution is -2.31. The van der Waals surface area contributed by atoms with Crippen LogP contribution in [0, 0.1) is 13.8 Å². The number of aromatic nitrogens is 1. The van der Waals surface area contributed by atoms with Crippen molar-refractivity contribution >= 4 is 32.5 Å². The number of esters is 1. The van der Waals surface area contributed by atoms with Gasteiger partial charge in [-0.2, -0.15) is 4.72 Å². The molecule has 29 heavy (non-hydrogen) atoms. The highest BCUT2D eigenvalue weighted by Gasteiger charge is 2.19. The van der Waals surface area contributed by atoms with Crippen molar-refractivity contribution in [3.05, 3.63) is 65.5 Å². The normalized spacial score (nSPS) is 11.6. The number of ether oxygens (including phenoxy) is 1. The average Bonchev–Trinajstić information content (AvgIpc) is 2.97. The molecule has 0 radical (unpaired) electrons. The van der Waals surface area contributed by atoms with Crippen LogP contribution in [0.25, 0.3) is 10.8 Å². The number of nitrogens with one attached hydrogen (secondary N) is 1. The van der Waals surface area contributed by atoms with Crippen LogP contribution in [0.15, 0.2) is 53.4 Å². The van der Waals surface area contributed by atoms with Crippen LogP contribution in [0.3, 0.4) is 0 Å². The summed E-state index contributed by atoms with van der Waals surface area (Å²) in [5.41, 5.74) is 2.18. The number of hydrogen-bond donors (Lipinski definition) is 1. The quantitative estimate of drug-likeness (QED) is 0.474. The minimum absolute atomic E-state index is 0.0514. The van der Waals surface area contributed by atoms with Gasteiger partial charge in [-0.05, 0) is 42.8 Å². The van der Waals surface area contributed by atoms with Gasteiger partial charge in [-0.25, -0.2) is 8.42 Å². The van der Waals surface area contributed by atoms with Crippen LogP contribution in [-0.2, 0) is 26.6 Å². The number of benzene rings is 2. The van der Waals surface area contributed by atoms with Gasteiger partial charge in [0.25, 0.3) is 0 Å². The average molecular weight is 414 g/mol. The van der Waals surface area contributed by atoms with Crippen LogP contribution in [0.5, 0.6) is 0 Å². The van der Waals surface area contributed by atoms with E-state index < -0.39 is 29.1 Å². The fraction of sp³-hybridized carbons (Fsp3) is 0.238. The zero-order chi connectivity index (χ0) is 21.2. The van der Waals surface area contributed by atoms with Crippen LogP contribution in [-0.4, -0.2) is 37.9 Å². The number of nitrogens with zero attached hydrogens (tertiary/aromatic N) is 1. The standard InChI is InChI=1S/C21H22N2O5S/c1-14-10-19(15(2)23(14)3)20(24)13-28-21(25)12-22-29(26,27)18-9-8-16-6-4-5-7-17(16)11-18/h4-11,22H,12-13H2,1-3H3. The highest BCUT2D eigenvalue weighted by atomic mass is 32.2. The Kier molecular flexibility index (Phi) is 5.86. The van der Waals surface area contributed by atoms with Gasteiger partial charge in [0.1, 0.15) is 6.54 Å². The maximum Gasteiger partial charge on any atom is 0.321 e. The first-order valence-corrected chi connectivity index (χ1v) is 10.5. The molecule has 7 nitrogen and oxygen atoms in total. The van der Waals surface area contributed by atoms with Crippen molar-refractivity contribution in [3.63, 3.8) is 0 Å². The SMILES string of the molecule is Cc1cc(C(=O)COC(=O)CNS(=O)(=O)c2ccc3ccccc3c2)c(C)n1C. The Morgan fingerprint density at radius 3 is 2.38 bits per heavy atom. The number of carbonyl (C=O) groups excluding carboxylic acids is 2. The van der Waals surface area contributed by atoms with Gasteiger partial charge in [0.05, 0.1) is 4.90 Å². The van der Waals surface area contributed by atoms with E-state index in [2.05, 4.69) is 4.72 Å². The molecule has 1 N–H and O–H groups in total. The molecule has 0 fully saturated rings. The summed E-state index contributed by atoms with van der Waals surface area (Å²) in [6.07, 6.45) is 0. The van der Waals surface area contributed by atoms with E-state index in [9.17, 15) is 18.0 Å². The largest absolute Gasteiger partial charge is 0.456 e. The number of rotatable bonds is 7. The second-order valence-electron chi connectivity index (χ2n) is 6.76. The van der Waals surface area contributed by atoms with E-state index >= 15 is 0 Å². The number of fused-ring (bicyclic) bond motifs is 1. The zero-order valence-corrected chi connectivity index (χ0v) is 17.2. The lowest BCUT2D eigenvalue weighted by molar-refractivity contribution is -0.141. The summed E-state index contributed by atoms with van der Waals surface area (Å²) >= 11 is 0. The Labute approximate surface area is 169 Å². The topological polar surface area (TPSA) is 94.5 Å². The number of Topliss-reactive ketones (excluding diaryl/α,β-unsaturated/α-hetero) is 1. The van der Waals surface area contributed by atoms with E-state index in [1.165, 1.54) is 12.1 Å². The molecule has 0 saturated carbocycles. The van der Waals surface area contributed by atoms with Gasteiger partial charge in [0.2, 0.25) is 15.8 Å². The molecule has 0 unspecified atom stereocenters. The first-order chi connectivity index (χ1) is 13.7. The Morgan fingerprint density at radius 1 is 1.03 bits per heavy atom. The van der Waals surface area contributed by atoms with Crippen molar-refractivity contribution < 1.29 is 22.7 Å². The molecule has 0 aliphatic heterocycles. The van der Waals surface area contributed by atoms with Crippen molar-refractivity contribution in [2.75, 3.05) is 13.2 Å². The summed E-state index contributed by atoms with van der Waals surface area (Å²) in [5.74, 6) is -1.16. The Hall–Kier alpha value is -2.97. The monoisotopic (exact) mass is 414 g/mol. The Morgan fingerprint density at radius 2 is 1.72 bits per heavy atom. The van der Waals surface area contributed by atoms with Gasteiger partial charge in [0, 0.05) is 24.0 Å². The molecular formula is C21H22N2O5S. The van der Waals surface area contributed by atoms with Crippen LogP contribution in [0.2, 0.25) is 0 Å². The smallest absolute Gasteiger partial charge is 0.321 e. The lowest BCUT2D eigenvalue weighted by Gasteiger charge is -2.08. The maximum absolute atomic E-state index is 12.4. The molecule has 0 bridgehead atoms. The van der Waals surface area contributed by atoms with E-state index in [1.807, 2.05) is 42.8 Å². The summed E-state index contributed by atoms with van der Waals surface area (Å²) in [6, 6.07) is 13.8. The number of sulfonamides is 1. The zero-order valence-electron chi connectivity index (χ0n) is 16.4. The molecule has 3 aromatic rings. The third-order valence-corrected chi connectivity index (χ3v) is 6.28. The van der Waals surface area contributed by atoms with Crippen molar-refractivity contribution in [1.82, 2.24) is 9.29 Å². The fourth-order valence-corrected chi connectivity index (χ4v) is 3.99. The van der Waals surface area contributed by atoms with Crippen LogP contribution in [0.1, 0.15) is 21.7 Å². The molecule has 0 atom stereocenters. The Bertz CT molecular complexity index is 1200. The summed E-state index contributed by atoms with van der Waals surface area (Å²) < 4.78 is 33.9. The lowest BCUT2D eigenvalue weighted by atomic mass is 10.1. The predicted octanol–water partition coefficient (Wildman–Crippen LogP) is 2.50. The molecule has 152 valence electrons. The number of aryl methyl sites for hydroxylation is 1. The van der Waals surface area contributed by atoms with Crippen LogP contribution < -0.4 is 4.72 Å². The molecule has 0 aliphatic rings. The van der Waals surface area contributed by atoms with Gasteiger partial charge >= 0.3 is 5.97 Å². The molecule has 0 aliphatic carbocycles. The molecule has 1 heterocycles. The fourth-order valence-electron chi connectivity index (χ4n) is 2.98. The van der Waals surface area contributed by atoms with Gasteiger partial charge < -0.3 is 9.30 Å². The summed E-state index contributed by atoms with van der Waals surface area (Å²) in [6.45, 7) is 2.67. The maximum atomic E-state index is 12.4. The predicted molar refractivity (Wildman–Crippen MR) is 109 cm³/mol. The van der Waals surface area contributed by atoms with Gasteiger partial charge in [-0.15, -0.1) is 0 Å². The highest BCUT2D eigenvalue weighted by Crippen LogP contribution is 2.19. The molecule has 2 aromatic carbocycles. The van der Waals surface area contributed by atoms with E-state index in [0.29, 0.717) is 5.56 Å². The molecule has 0 amide bonds. The number of hydrogen-bond acceptors (Lipinski definition) is 5. The summed E-state index contributed by atoms with van der Waals surface area (Å²) in [5, 5.41) is 1.69. The number of ketones is 1. The molecule has 8 heteroatoms. The minimum Gasteiger partial charge on any atom is -0.456 e. The van der Waals surface area contributed by atoms with Crippen molar-refractivity contribution in [2.45, 2.75) is 18.7 Å². The third kappa shape index (κ3) is 4.55. The molecule has 1 aromatic heterocycles. The van der Waals surface area contributed by atoms with Crippen LogP contribution in [0.4, 0.5) is 0 Å². The number of carbonyl (C=O) groups is 2. The Balaban J connectivity index is 1.59. The van der Waals surface area contributed by atoms with E-state index in [-0.39, 0.29) is 10.7 Å². The second-order valence-corrected chi connectivity index (χ2v) is 8.53. The molecule has 0 saturated heterocycles.